The molecule has 0 aliphatic carbocycles. The SMILES string of the molecule is CCn1cc(S(=O)(=O)NCc2cccnn2)c(N)n1. The van der Waals surface area contributed by atoms with Crippen molar-refractivity contribution in [1.29, 1.82) is 0 Å². The normalized spacial score (nSPS) is 11.6. The zero-order valence-corrected chi connectivity index (χ0v) is 11.1. The van der Waals surface area contributed by atoms with Crippen LogP contribution in [-0.4, -0.2) is 28.4 Å². The fraction of sp³-hybridized carbons (Fsp3) is 0.300. The average Bonchev–Trinajstić information content (AvgIpc) is 2.80. The first-order valence-electron chi connectivity index (χ1n) is 5.62. The second-order valence-electron chi connectivity index (χ2n) is 3.77. The maximum Gasteiger partial charge on any atom is 0.246 e. The van der Waals surface area contributed by atoms with Crippen LogP contribution in [-0.2, 0) is 23.1 Å². The summed E-state index contributed by atoms with van der Waals surface area (Å²) >= 11 is 0. The second kappa shape index (κ2) is 5.33. The Kier molecular flexibility index (Phi) is 3.76. The lowest BCUT2D eigenvalue weighted by Gasteiger charge is -2.04. The molecule has 0 amide bonds. The van der Waals surface area contributed by atoms with E-state index in [4.69, 9.17) is 5.73 Å². The first-order chi connectivity index (χ1) is 9.03. The van der Waals surface area contributed by atoms with E-state index < -0.39 is 10.0 Å². The Morgan fingerprint density at radius 2 is 2.26 bits per heavy atom. The van der Waals surface area contributed by atoms with Crippen LogP contribution < -0.4 is 10.5 Å². The highest BCUT2D eigenvalue weighted by atomic mass is 32.2. The Morgan fingerprint density at radius 1 is 1.47 bits per heavy atom. The Labute approximate surface area is 110 Å². The number of anilines is 1. The minimum atomic E-state index is -3.70. The Hall–Kier alpha value is -2.00. The number of nitrogens with zero attached hydrogens (tertiary/aromatic N) is 4. The molecule has 0 radical (unpaired) electrons. The predicted molar refractivity (Wildman–Crippen MR) is 68.4 cm³/mol. The smallest absolute Gasteiger partial charge is 0.246 e. The third kappa shape index (κ3) is 3.06. The van der Waals surface area contributed by atoms with Gasteiger partial charge in [-0.15, -0.1) is 0 Å². The highest BCUT2D eigenvalue weighted by Crippen LogP contribution is 2.16. The first-order valence-corrected chi connectivity index (χ1v) is 7.10. The van der Waals surface area contributed by atoms with Crippen LogP contribution in [0.2, 0.25) is 0 Å². The molecule has 0 aromatic carbocycles. The second-order valence-corrected chi connectivity index (χ2v) is 5.51. The van der Waals surface area contributed by atoms with Crippen molar-refractivity contribution < 1.29 is 8.42 Å². The van der Waals surface area contributed by atoms with E-state index in [2.05, 4.69) is 20.0 Å². The van der Waals surface area contributed by atoms with E-state index in [-0.39, 0.29) is 17.3 Å². The van der Waals surface area contributed by atoms with Crippen molar-refractivity contribution in [3.8, 4) is 0 Å². The van der Waals surface area contributed by atoms with Gasteiger partial charge in [-0.05, 0) is 19.1 Å². The van der Waals surface area contributed by atoms with Gasteiger partial charge in [0.1, 0.15) is 4.90 Å². The number of nitrogens with two attached hydrogens (primary N) is 1. The fourth-order valence-corrected chi connectivity index (χ4v) is 2.53. The largest absolute Gasteiger partial charge is 0.381 e. The molecule has 9 heteroatoms. The van der Waals surface area contributed by atoms with Crippen LogP contribution in [0.3, 0.4) is 0 Å². The van der Waals surface area contributed by atoms with Gasteiger partial charge in [0.05, 0.1) is 12.2 Å². The number of nitrogens with one attached hydrogen (secondary N) is 1. The van der Waals surface area contributed by atoms with Crippen molar-refractivity contribution in [3.63, 3.8) is 0 Å². The van der Waals surface area contributed by atoms with Crippen molar-refractivity contribution in [1.82, 2.24) is 24.7 Å². The summed E-state index contributed by atoms with van der Waals surface area (Å²) in [6, 6.07) is 3.36. The molecule has 0 spiro atoms. The molecule has 3 N–H and O–H groups in total. The molecule has 0 aliphatic rings. The number of hydrogen-bond acceptors (Lipinski definition) is 6. The van der Waals surface area contributed by atoms with Gasteiger partial charge in [-0.3, -0.25) is 4.68 Å². The van der Waals surface area contributed by atoms with E-state index in [1.807, 2.05) is 6.92 Å². The van der Waals surface area contributed by atoms with Crippen LogP contribution in [0.15, 0.2) is 29.4 Å². The molecule has 0 aliphatic heterocycles. The summed E-state index contributed by atoms with van der Waals surface area (Å²) in [4.78, 5) is -0.0294. The van der Waals surface area contributed by atoms with Crippen molar-refractivity contribution in [2.45, 2.75) is 24.9 Å². The summed E-state index contributed by atoms with van der Waals surface area (Å²) in [5.74, 6) is -0.0199. The molecular formula is C10H14N6O2S. The van der Waals surface area contributed by atoms with Crippen molar-refractivity contribution in [3.05, 3.63) is 30.2 Å². The molecule has 0 atom stereocenters. The van der Waals surface area contributed by atoms with Gasteiger partial charge in [0.25, 0.3) is 0 Å². The molecule has 0 saturated heterocycles. The third-order valence-electron chi connectivity index (χ3n) is 2.44. The summed E-state index contributed by atoms with van der Waals surface area (Å²) in [7, 11) is -3.70. The average molecular weight is 282 g/mol. The molecule has 19 heavy (non-hydrogen) atoms. The number of aromatic nitrogens is 4. The molecule has 8 nitrogen and oxygen atoms in total. The molecule has 0 fully saturated rings. The fourth-order valence-electron chi connectivity index (χ4n) is 1.46. The lowest BCUT2D eigenvalue weighted by atomic mass is 10.4. The Morgan fingerprint density at radius 3 is 2.84 bits per heavy atom. The maximum absolute atomic E-state index is 12.1. The van der Waals surface area contributed by atoms with Crippen LogP contribution in [0.5, 0.6) is 0 Å². The Bertz CT molecular complexity index is 652. The molecule has 0 bridgehead atoms. The molecule has 102 valence electrons. The van der Waals surface area contributed by atoms with Gasteiger partial charge in [0, 0.05) is 18.9 Å². The van der Waals surface area contributed by atoms with Gasteiger partial charge in [-0.2, -0.15) is 15.3 Å². The Balaban J connectivity index is 2.16. The van der Waals surface area contributed by atoms with Gasteiger partial charge >= 0.3 is 0 Å². The zero-order chi connectivity index (χ0) is 13.9. The van der Waals surface area contributed by atoms with Crippen molar-refractivity contribution in [2.75, 3.05) is 5.73 Å². The van der Waals surface area contributed by atoms with E-state index in [1.165, 1.54) is 17.1 Å². The minimum absolute atomic E-state index is 0.0199. The number of hydrogen-bond donors (Lipinski definition) is 2. The molecule has 0 unspecified atom stereocenters. The molecule has 0 saturated carbocycles. The van der Waals surface area contributed by atoms with Crippen molar-refractivity contribution in [2.24, 2.45) is 0 Å². The molecule has 2 heterocycles. The van der Waals surface area contributed by atoms with Crippen molar-refractivity contribution >= 4 is 15.8 Å². The van der Waals surface area contributed by atoms with Gasteiger partial charge in [0.2, 0.25) is 10.0 Å². The number of nitrogen functional groups attached to an aromatic ring is 1. The third-order valence-corrected chi connectivity index (χ3v) is 3.86. The van der Waals surface area contributed by atoms with Gasteiger partial charge in [-0.25, -0.2) is 13.1 Å². The molecule has 2 aromatic rings. The highest BCUT2D eigenvalue weighted by molar-refractivity contribution is 7.89. The summed E-state index contributed by atoms with van der Waals surface area (Å²) < 4.78 is 28.0. The van der Waals surface area contributed by atoms with E-state index in [0.29, 0.717) is 12.2 Å². The monoisotopic (exact) mass is 282 g/mol. The van der Waals surface area contributed by atoms with Gasteiger partial charge < -0.3 is 5.73 Å². The predicted octanol–water partition coefficient (Wildman–Crippen LogP) is -0.246. The summed E-state index contributed by atoms with van der Waals surface area (Å²) in [5, 5.41) is 11.4. The molecule has 2 aromatic heterocycles. The zero-order valence-electron chi connectivity index (χ0n) is 10.3. The minimum Gasteiger partial charge on any atom is -0.381 e. The lowest BCUT2D eigenvalue weighted by Crippen LogP contribution is -2.24. The maximum atomic E-state index is 12.1. The summed E-state index contributed by atoms with van der Waals surface area (Å²) in [6.45, 7) is 2.44. The standard InChI is InChI=1S/C10H14N6O2S/c1-2-16-7-9(10(11)15-16)19(17,18)13-6-8-4-3-5-12-14-8/h3-5,7,13H,2,6H2,1H3,(H2,11,15). The van der Waals surface area contributed by atoms with Crippen LogP contribution in [0.25, 0.3) is 0 Å². The van der Waals surface area contributed by atoms with Gasteiger partial charge in [-0.1, -0.05) is 0 Å². The highest BCUT2D eigenvalue weighted by Gasteiger charge is 2.20. The number of aryl methyl sites for hydroxylation is 1. The van der Waals surface area contributed by atoms with E-state index in [1.54, 1.807) is 12.1 Å². The first kappa shape index (κ1) is 13.4. The van der Waals surface area contributed by atoms with Crippen LogP contribution in [0, 0.1) is 0 Å². The summed E-state index contributed by atoms with van der Waals surface area (Å²) in [6.07, 6.45) is 2.91. The van der Waals surface area contributed by atoms with Crippen LogP contribution in [0.1, 0.15) is 12.6 Å². The summed E-state index contributed by atoms with van der Waals surface area (Å²) in [5.41, 5.74) is 6.11. The molecular weight excluding hydrogens is 268 g/mol. The van der Waals surface area contributed by atoms with E-state index in [0.717, 1.165) is 0 Å². The van der Waals surface area contributed by atoms with Crippen LogP contribution >= 0.6 is 0 Å². The van der Waals surface area contributed by atoms with Crippen LogP contribution in [0.4, 0.5) is 5.82 Å². The van der Waals surface area contributed by atoms with Gasteiger partial charge in [0.15, 0.2) is 5.82 Å². The van der Waals surface area contributed by atoms with E-state index >= 15 is 0 Å². The van der Waals surface area contributed by atoms with E-state index in [9.17, 15) is 8.42 Å². The quantitative estimate of drug-likeness (QED) is 0.781. The lowest BCUT2D eigenvalue weighted by molar-refractivity contribution is 0.579. The number of rotatable bonds is 5. The topological polar surface area (TPSA) is 116 Å². The molecule has 2 rings (SSSR count). The number of sulfonamides is 1.